The third kappa shape index (κ3) is 2.46. The maximum atomic E-state index is 4.57. The minimum atomic E-state index is 0.660. The Hall–Kier alpha value is -2.09. The van der Waals surface area contributed by atoms with Crippen molar-refractivity contribution in [2.45, 2.75) is 17.8 Å². The summed E-state index contributed by atoms with van der Waals surface area (Å²) < 4.78 is 1.76. The molecular weight excluding hydrogens is 274 g/mol. The van der Waals surface area contributed by atoms with Crippen LogP contribution in [0.2, 0.25) is 0 Å². The van der Waals surface area contributed by atoms with Crippen LogP contribution >= 0.6 is 11.8 Å². The first kappa shape index (κ1) is 12.9. The first-order valence-corrected chi connectivity index (χ1v) is 7.31. The molecule has 8 heteroatoms. The van der Waals surface area contributed by atoms with Gasteiger partial charge in [0.05, 0.1) is 17.3 Å². The molecular formula is C12H15N7S. The average molecular weight is 289 g/mol. The number of nitrogens with one attached hydrogen (secondary N) is 2. The molecule has 7 nitrogen and oxygen atoms in total. The van der Waals surface area contributed by atoms with Crippen LogP contribution < -0.4 is 5.32 Å². The highest BCUT2D eigenvalue weighted by molar-refractivity contribution is 7.98. The van der Waals surface area contributed by atoms with Crippen LogP contribution in [0.3, 0.4) is 0 Å². The van der Waals surface area contributed by atoms with Gasteiger partial charge in [-0.05, 0) is 6.92 Å². The summed E-state index contributed by atoms with van der Waals surface area (Å²) in [5.74, 6) is 2.26. The topological polar surface area (TPSA) is 84.3 Å². The molecule has 0 spiro atoms. The Labute approximate surface area is 120 Å². The van der Waals surface area contributed by atoms with Crippen LogP contribution in [-0.4, -0.2) is 36.3 Å². The molecule has 20 heavy (non-hydrogen) atoms. The van der Waals surface area contributed by atoms with Crippen molar-refractivity contribution in [2.24, 2.45) is 7.05 Å². The number of nitrogens with zero attached hydrogens (tertiary/aromatic N) is 5. The molecule has 0 bridgehead atoms. The summed E-state index contributed by atoms with van der Waals surface area (Å²) in [6, 6.07) is 0. The van der Waals surface area contributed by atoms with Gasteiger partial charge in [-0.2, -0.15) is 5.10 Å². The molecule has 3 rings (SSSR count). The molecule has 0 saturated heterocycles. The fourth-order valence-corrected chi connectivity index (χ4v) is 2.58. The van der Waals surface area contributed by atoms with E-state index in [1.165, 1.54) is 0 Å². The van der Waals surface area contributed by atoms with Crippen molar-refractivity contribution in [3.8, 4) is 0 Å². The van der Waals surface area contributed by atoms with E-state index < -0.39 is 0 Å². The van der Waals surface area contributed by atoms with E-state index in [1.54, 1.807) is 35.0 Å². The van der Waals surface area contributed by atoms with Crippen LogP contribution in [0.1, 0.15) is 12.7 Å². The van der Waals surface area contributed by atoms with Crippen molar-refractivity contribution < 1.29 is 0 Å². The van der Waals surface area contributed by atoms with Gasteiger partial charge >= 0.3 is 0 Å². The molecule has 0 radical (unpaired) electrons. The predicted molar refractivity (Wildman–Crippen MR) is 78.6 cm³/mol. The number of anilines is 1. The van der Waals surface area contributed by atoms with Gasteiger partial charge in [-0.25, -0.2) is 15.0 Å². The zero-order chi connectivity index (χ0) is 13.9. The van der Waals surface area contributed by atoms with Crippen molar-refractivity contribution >= 4 is 28.6 Å². The van der Waals surface area contributed by atoms with Gasteiger partial charge in [0.15, 0.2) is 10.8 Å². The first-order chi connectivity index (χ1) is 9.78. The molecule has 0 aliphatic carbocycles. The summed E-state index contributed by atoms with van der Waals surface area (Å²) in [6.07, 6.45) is 5.33. The quantitative estimate of drug-likeness (QED) is 0.697. The minimum absolute atomic E-state index is 0.660. The highest BCUT2D eigenvalue weighted by Crippen LogP contribution is 2.22. The smallest absolute Gasteiger partial charge is 0.165 e. The van der Waals surface area contributed by atoms with Crippen LogP contribution in [0.15, 0.2) is 23.7 Å². The Morgan fingerprint density at radius 3 is 3.05 bits per heavy atom. The van der Waals surface area contributed by atoms with Gasteiger partial charge in [0.2, 0.25) is 0 Å². The molecule has 104 valence electrons. The maximum Gasteiger partial charge on any atom is 0.165 e. The van der Waals surface area contributed by atoms with E-state index in [1.807, 2.05) is 14.0 Å². The lowest BCUT2D eigenvalue weighted by atomic mass is 10.4. The number of aryl methyl sites for hydroxylation is 1. The molecule has 0 saturated carbocycles. The number of rotatable bonds is 5. The number of thioether (sulfide) groups is 1. The average Bonchev–Trinajstić information content (AvgIpc) is 3.08. The number of hydrogen-bond donors (Lipinski definition) is 2. The second-order valence-electron chi connectivity index (χ2n) is 4.21. The summed E-state index contributed by atoms with van der Waals surface area (Å²) in [7, 11) is 1.88. The van der Waals surface area contributed by atoms with Crippen LogP contribution in [-0.2, 0) is 12.8 Å². The van der Waals surface area contributed by atoms with E-state index >= 15 is 0 Å². The molecule has 2 N–H and O–H groups in total. The maximum absolute atomic E-state index is 4.57. The lowest BCUT2D eigenvalue weighted by Gasteiger charge is -2.06. The molecule has 0 amide bonds. The van der Waals surface area contributed by atoms with Crippen molar-refractivity contribution in [1.82, 2.24) is 29.7 Å². The molecule has 0 unspecified atom stereocenters. The number of hydrogen-bond acceptors (Lipinski definition) is 6. The van der Waals surface area contributed by atoms with E-state index in [2.05, 4.69) is 30.4 Å². The Bertz CT molecular complexity index is 704. The van der Waals surface area contributed by atoms with Gasteiger partial charge < -0.3 is 10.3 Å². The Morgan fingerprint density at radius 2 is 2.30 bits per heavy atom. The van der Waals surface area contributed by atoms with Crippen molar-refractivity contribution in [3.05, 3.63) is 24.4 Å². The van der Waals surface area contributed by atoms with Crippen molar-refractivity contribution in [2.75, 3.05) is 11.9 Å². The molecule has 3 aromatic rings. The highest BCUT2D eigenvalue weighted by atomic mass is 32.2. The molecule has 0 aromatic carbocycles. The zero-order valence-electron chi connectivity index (χ0n) is 11.3. The van der Waals surface area contributed by atoms with Gasteiger partial charge in [-0.1, -0.05) is 11.8 Å². The Balaban J connectivity index is 1.91. The van der Waals surface area contributed by atoms with Crippen LogP contribution in [0.5, 0.6) is 0 Å². The molecule has 3 aromatic heterocycles. The van der Waals surface area contributed by atoms with E-state index in [4.69, 9.17) is 0 Å². The summed E-state index contributed by atoms with van der Waals surface area (Å²) >= 11 is 1.57. The molecule has 0 atom stereocenters. The fourth-order valence-electron chi connectivity index (χ4n) is 1.90. The third-order valence-corrected chi connectivity index (χ3v) is 3.69. The summed E-state index contributed by atoms with van der Waals surface area (Å²) in [4.78, 5) is 16.4. The van der Waals surface area contributed by atoms with Gasteiger partial charge in [-0.3, -0.25) is 4.68 Å². The molecule has 0 aliphatic heterocycles. The van der Waals surface area contributed by atoms with Crippen LogP contribution in [0, 0.1) is 0 Å². The largest absolute Gasteiger partial charge is 0.370 e. The second-order valence-corrected chi connectivity index (χ2v) is 5.17. The fraction of sp³-hybridized carbons (Fsp3) is 0.333. The number of H-pyrrole nitrogens is 1. The second kappa shape index (κ2) is 5.49. The lowest BCUT2D eigenvalue weighted by molar-refractivity contribution is 0.782. The normalized spacial score (nSPS) is 11.1. The summed E-state index contributed by atoms with van der Waals surface area (Å²) in [5, 5.41) is 9.31. The van der Waals surface area contributed by atoms with Crippen LogP contribution in [0.4, 0.5) is 5.82 Å². The van der Waals surface area contributed by atoms with E-state index in [9.17, 15) is 0 Å². The van der Waals surface area contributed by atoms with Gasteiger partial charge in [0, 0.05) is 26.0 Å². The van der Waals surface area contributed by atoms with E-state index in [-0.39, 0.29) is 0 Å². The Kier molecular flexibility index (Phi) is 3.55. The highest BCUT2D eigenvalue weighted by Gasteiger charge is 2.11. The molecule has 0 fully saturated rings. The Morgan fingerprint density at radius 1 is 1.40 bits per heavy atom. The monoisotopic (exact) mass is 289 g/mol. The number of aromatic nitrogens is 6. The van der Waals surface area contributed by atoms with Gasteiger partial charge in [0.25, 0.3) is 0 Å². The van der Waals surface area contributed by atoms with Crippen molar-refractivity contribution in [3.63, 3.8) is 0 Å². The summed E-state index contributed by atoms with van der Waals surface area (Å²) in [6.45, 7) is 2.85. The number of imidazole rings is 1. The lowest BCUT2D eigenvalue weighted by Crippen LogP contribution is -2.05. The number of fused-ring (bicyclic) bond motifs is 1. The van der Waals surface area contributed by atoms with E-state index in [0.29, 0.717) is 5.75 Å². The first-order valence-electron chi connectivity index (χ1n) is 6.32. The standard InChI is InChI=1S/C12H15N7S/c1-3-13-10-8-6-16-19(2)11(8)18-9(17-10)7-20-12-14-4-5-15-12/h4-6H,3,7H2,1-2H3,(H,14,15)(H,13,17,18). The number of aromatic amines is 1. The zero-order valence-corrected chi connectivity index (χ0v) is 12.1. The summed E-state index contributed by atoms with van der Waals surface area (Å²) in [5.41, 5.74) is 0.839. The minimum Gasteiger partial charge on any atom is -0.370 e. The predicted octanol–water partition coefficient (Wildman–Crippen LogP) is 1.81. The SMILES string of the molecule is CCNc1nc(CSc2ncc[nH]2)nc2c1cnn2C. The van der Waals surface area contributed by atoms with Gasteiger partial charge in [0.1, 0.15) is 11.6 Å². The van der Waals surface area contributed by atoms with Gasteiger partial charge in [-0.15, -0.1) is 0 Å². The molecule has 3 heterocycles. The third-order valence-electron chi connectivity index (χ3n) is 2.79. The molecule has 0 aliphatic rings. The van der Waals surface area contributed by atoms with E-state index in [0.717, 1.165) is 34.4 Å². The van der Waals surface area contributed by atoms with Crippen LogP contribution in [0.25, 0.3) is 11.0 Å². The van der Waals surface area contributed by atoms with Crippen molar-refractivity contribution in [1.29, 1.82) is 0 Å².